The second-order valence-electron chi connectivity index (χ2n) is 6.32. The van der Waals surface area contributed by atoms with Crippen LogP contribution in [0.5, 0.6) is 11.5 Å². The normalized spacial score (nSPS) is 21.4. The van der Waals surface area contributed by atoms with Gasteiger partial charge in [0.05, 0.1) is 13.2 Å². The minimum absolute atomic E-state index is 0.428. The van der Waals surface area contributed by atoms with Gasteiger partial charge in [-0.3, -0.25) is 0 Å². The van der Waals surface area contributed by atoms with Crippen molar-refractivity contribution in [1.29, 1.82) is 0 Å². The number of ether oxygens (including phenoxy) is 2. The molecule has 116 valence electrons. The highest BCUT2D eigenvalue weighted by Gasteiger charge is 2.19. The topological polar surface area (TPSA) is 18.5 Å². The van der Waals surface area contributed by atoms with Crippen molar-refractivity contribution >= 4 is 15.9 Å². The molecule has 2 nitrogen and oxygen atoms in total. The van der Waals surface area contributed by atoms with E-state index >= 15 is 0 Å². The van der Waals surface area contributed by atoms with E-state index in [1.807, 2.05) is 0 Å². The third kappa shape index (κ3) is 4.15. The molecule has 0 saturated heterocycles. The summed E-state index contributed by atoms with van der Waals surface area (Å²) in [4.78, 5) is 0.428. The molecular weight excluding hydrogens is 328 g/mol. The molecule has 1 aliphatic heterocycles. The van der Waals surface area contributed by atoms with Crippen LogP contribution < -0.4 is 9.47 Å². The highest BCUT2D eigenvalue weighted by Crippen LogP contribution is 2.39. The van der Waals surface area contributed by atoms with Crippen LogP contribution >= 0.6 is 15.9 Å². The van der Waals surface area contributed by atoms with Crippen LogP contribution in [0.2, 0.25) is 0 Å². The van der Waals surface area contributed by atoms with Crippen LogP contribution in [0.15, 0.2) is 18.2 Å². The number of hydrogen-bond donors (Lipinski definition) is 0. The van der Waals surface area contributed by atoms with Crippen LogP contribution in [-0.2, 0) is 0 Å². The lowest BCUT2D eigenvalue weighted by Gasteiger charge is -2.19. The zero-order valence-corrected chi connectivity index (χ0v) is 14.2. The molecule has 0 radical (unpaired) electrons. The second kappa shape index (κ2) is 7.53. The summed E-state index contributed by atoms with van der Waals surface area (Å²) < 4.78 is 11.5. The maximum Gasteiger partial charge on any atom is 0.161 e. The second-order valence-corrected chi connectivity index (χ2v) is 7.42. The van der Waals surface area contributed by atoms with Gasteiger partial charge in [-0.25, -0.2) is 0 Å². The zero-order valence-electron chi connectivity index (χ0n) is 12.7. The van der Waals surface area contributed by atoms with E-state index in [4.69, 9.17) is 9.47 Å². The fourth-order valence-corrected chi connectivity index (χ4v) is 4.22. The van der Waals surface area contributed by atoms with Crippen molar-refractivity contribution in [3.63, 3.8) is 0 Å². The summed E-state index contributed by atoms with van der Waals surface area (Å²) in [6.07, 6.45) is 10.7. The van der Waals surface area contributed by atoms with Crippen molar-refractivity contribution in [1.82, 2.24) is 0 Å². The van der Waals surface area contributed by atoms with Gasteiger partial charge in [0.15, 0.2) is 11.5 Å². The summed E-state index contributed by atoms with van der Waals surface area (Å²) in [5.41, 5.74) is 1.32. The van der Waals surface area contributed by atoms with Crippen LogP contribution in [0.1, 0.15) is 61.8 Å². The molecular formula is C18H25BrO2. The number of rotatable bonds is 3. The Morgan fingerprint density at radius 3 is 2.43 bits per heavy atom. The van der Waals surface area contributed by atoms with Crippen LogP contribution in [0.4, 0.5) is 0 Å². The molecule has 1 saturated carbocycles. The van der Waals surface area contributed by atoms with Gasteiger partial charge in [0.2, 0.25) is 0 Å². The van der Waals surface area contributed by atoms with Crippen molar-refractivity contribution in [2.45, 2.75) is 56.2 Å². The quantitative estimate of drug-likeness (QED) is 0.517. The Bertz CT molecular complexity index is 453. The van der Waals surface area contributed by atoms with Crippen LogP contribution in [0.3, 0.4) is 0 Å². The van der Waals surface area contributed by atoms with Gasteiger partial charge < -0.3 is 9.47 Å². The summed E-state index contributed by atoms with van der Waals surface area (Å²) in [5, 5.41) is 0. The average molecular weight is 353 g/mol. The van der Waals surface area contributed by atoms with Gasteiger partial charge in [-0.2, -0.15) is 0 Å². The zero-order chi connectivity index (χ0) is 14.5. The summed E-state index contributed by atoms with van der Waals surface area (Å²) in [7, 11) is 0. The Kier molecular flexibility index (Phi) is 5.45. The molecule has 0 bridgehead atoms. The first-order valence-corrected chi connectivity index (χ1v) is 9.28. The van der Waals surface area contributed by atoms with Gasteiger partial charge in [0.1, 0.15) is 0 Å². The average Bonchev–Trinajstić information content (AvgIpc) is 2.88. The monoisotopic (exact) mass is 352 g/mol. The van der Waals surface area contributed by atoms with E-state index in [-0.39, 0.29) is 0 Å². The van der Waals surface area contributed by atoms with Gasteiger partial charge in [0, 0.05) is 11.2 Å². The SMILES string of the molecule is BrC(CC1CCCCCC1)c1ccc2c(c1)OCCCO2. The lowest BCUT2D eigenvalue weighted by Crippen LogP contribution is -2.03. The molecule has 0 amide bonds. The molecule has 1 aliphatic carbocycles. The molecule has 0 N–H and O–H groups in total. The Morgan fingerprint density at radius 2 is 1.67 bits per heavy atom. The molecule has 1 aromatic carbocycles. The Morgan fingerprint density at radius 1 is 0.952 bits per heavy atom. The van der Waals surface area contributed by atoms with Crippen molar-refractivity contribution < 1.29 is 9.47 Å². The van der Waals surface area contributed by atoms with E-state index in [0.29, 0.717) is 4.83 Å². The summed E-state index contributed by atoms with van der Waals surface area (Å²) in [6, 6.07) is 6.41. The maximum absolute atomic E-state index is 5.80. The number of fused-ring (bicyclic) bond motifs is 1. The molecule has 1 unspecified atom stereocenters. The van der Waals surface area contributed by atoms with Gasteiger partial charge in [-0.05, 0) is 30.0 Å². The van der Waals surface area contributed by atoms with E-state index in [9.17, 15) is 0 Å². The summed E-state index contributed by atoms with van der Waals surface area (Å²) in [6.45, 7) is 1.51. The highest BCUT2D eigenvalue weighted by atomic mass is 79.9. The Balaban J connectivity index is 1.66. The molecule has 1 atom stereocenters. The lowest BCUT2D eigenvalue weighted by atomic mass is 9.93. The molecule has 3 rings (SSSR count). The molecule has 1 heterocycles. The summed E-state index contributed by atoms with van der Waals surface area (Å²) in [5.74, 6) is 2.67. The molecule has 1 fully saturated rings. The first-order valence-electron chi connectivity index (χ1n) is 8.36. The van der Waals surface area contributed by atoms with Crippen molar-refractivity contribution in [2.24, 2.45) is 5.92 Å². The van der Waals surface area contributed by atoms with Gasteiger partial charge >= 0.3 is 0 Å². The standard InChI is InChI=1S/C18H25BrO2/c19-16(12-14-6-3-1-2-4-7-14)15-8-9-17-18(13-15)21-11-5-10-20-17/h8-9,13-14,16H,1-7,10-12H2. The summed E-state index contributed by atoms with van der Waals surface area (Å²) >= 11 is 3.90. The van der Waals surface area contributed by atoms with Crippen molar-refractivity contribution in [2.75, 3.05) is 13.2 Å². The van der Waals surface area contributed by atoms with Crippen LogP contribution in [-0.4, -0.2) is 13.2 Å². The largest absolute Gasteiger partial charge is 0.490 e. The minimum Gasteiger partial charge on any atom is -0.490 e. The van der Waals surface area contributed by atoms with E-state index in [2.05, 4.69) is 34.1 Å². The van der Waals surface area contributed by atoms with Gasteiger partial charge in [-0.15, -0.1) is 0 Å². The fourth-order valence-electron chi connectivity index (χ4n) is 3.40. The molecule has 0 spiro atoms. The molecule has 3 heteroatoms. The van der Waals surface area contributed by atoms with Gasteiger partial charge in [-0.1, -0.05) is 60.5 Å². The first-order chi connectivity index (χ1) is 10.3. The third-order valence-electron chi connectivity index (χ3n) is 4.65. The van der Waals surface area contributed by atoms with E-state index in [0.717, 1.165) is 37.1 Å². The number of alkyl halides is 1. The number of halogens is 1. The van der Waals surface area contributed by atoms with Crippen LogP contribution in [0.25, 0.3) is 0 Å². The lowest BCUT2D eigenvalue weighted by molar-refractivity contribution is 0.297. The molecule has 21 heavy (non-hydrogen) atoms. The predicted octanol–water partition coefficient (Wildman–Crippen LogP) is 5.64. The van der Waals surface area contributed by atoms with Crippen LogP contribution in [0, 0.1) is 5.92 Å². The third-order valence-corrected chi connectivity index (χ3v) is 5.55. The molecule has 0 aromatic heterocycles. The number of hydrogen-bond acceptors (Lipinski definition) is 2. The highest BCUT2D eigenvalue weighted by molar-refractivity contribution is 9.09. The number of benzene rings is 1. The Labute approximate surface area is 136 Å². The minimum atomic E-state index is 0.428. The molecule has 1 aromatic rings. The smallest absolute Gasteiger partial charge is 0.161 e. The van der Waals surface area contributed by atoms with Crippen molar-refractivity contribution in [3.8, 4) is 11.5 Å². The van der Waals surface area contributed by atoms with Crippen molar-refractivity contribution in [3.05, 3.63) is 23.8 Å². The maximum atomic E-state index is 5.80. The van der Waals surface area contributed by atoms with E-state index < -0.39 is 0 Å². The Hall–Kier alpha value is -0.700. The fraction of sp³-hybridized carbons (Fsp3) is 0.667. The predicted molar refractivity (Wildman–Crippen MR) is 89.5 cm³/mol. The van der Waals surface area contributed by atoms with Gasteiger partial charge in [0.25, 0.3) is 0 Å². The van der Waals surface area contributed by atoms with E-state index in [1.165, 1.54) is 50.5 Å². The van der Waals surface area contributed by atoms with E-state index in [1.54, 1.807) is 0 Å². The molecule has 2 aliphatic rings. The first kappa shape index (κ1) is 15.2.